The first-order chi connectivity index (χ1) is 7.20. The number of halogens is 1. The van der Waals surface area contributed by atoms with Gasteiger partial charge in [0.1, 0.15) is 6.04 Å². The molecule has 0 aromatic rings. The molecule has 2 heterocycles. The molecule has 1 unspecified atom stereocenters. The fourth-order valence-corrected chi connectivity index (χ4v) is 2.43. The van der Waals surface area contributed by atoms with E-state index in [-0.39, 0.29) is 36.2 Å². The number of hydrogen-bond acceptors (Lipinski definition) is 3. The average molecular weight is 248 g/mol. The third-order valence-electron chi connectivity index (χ3n) is 3.27. The molecule has 2 fully saturated rings. The van der Waals surface area contributed by atoms with E-state index in [1.54, 1.807) is 4.90 Å². The first kappa shape index (κ1) is 13.3. The number of carbonyl (C=O) groups excluding carboxylic acids is 2. The first-order valence-electron chi connectivity index (χ1n) is 5.50. The lowest BCUT2D eigenvalue weighted by molar-refractivity contribution is -0.140. The number of carbonyl (C=O) groups is 2. The summed E-state index contributed by atoms with van der Waals surface area (Å²) in [5, 5.41) is 3.16. The second-order valence-corrected chi connectivity index (χ2v) is 4.28. The van der Waals surface area contributed by atoms with Gasteiger partial charge in [0.05, 0.1) is 5.92 Å². The maximum Gasteiger partial charge on any atom is 0.240 e. The Hall–Kier alpha value is -0.810. The number of amides is 2. The van der Waals surface area contributed by atoms with Gasteiger partial charge >= 0.3 is 0 Å². The van der Waals surface area contributed by atoms with Gasteiger partial charge < -0.3 is 16.0 Å². The van der Waals surface area contributed by atoms with E-state index in [0.29, 0.717) is 6.54 Å². The van der Waals surface area contributed by atoms with E-state index in [2.05, 4.69) is 5.32 Å². The summed E-state index contributed by atoms with van der Waals surface area (Å²) in [4.78, 5) is 24.9. The van der Waals surface area contributed by atoms with E-state index in [1.807, 2.05) is 0 Å². The molecule has 3 N–H and O–H groups in total. The molecule has 16 heavy (non-hydrogen) atoms. The summed E-state index contributed by atoms with van der Waals surface area (Å²) in [6.45, 7) is 2.31. The zero-order valence-electron chi connectivity index (χ0n) is 9.15. The summed E-state index contributed by atoms with van der Waals surface area (Å²) in [6, 6.07) is -0.363. The highest BCUT2D eigenvalue weighted by atomic mass is 35.5. The molecule has 2 aliphatic rings. The van der Waals surface area contributed by atoms with Crippen molar-refractivity contribution in [2.75, 3.05) is 19.6 Å². The van der Waals surface area contributed by atoms with Crippen LogP contribution in [0.25, 0.3) is 0 Å². The predicted molar refractivity (Wildman–Crippen MR) is 62.2 cm³/mol. The molecular formula is C10H18ClN3O2. The maximum atomic E-state index is 12.0. The number of rotatable bonds is 2. The van der Waals surface area contributed by atoms with Gasteiger partial charge in [-0.05, 0) is 25.8 Å². The Morgan fingerprint density at radius 3 is 2.62 bits per heavy atom. The third kappa shape index (κ3) is 2.47. The van der Waals surface area contributed by atoms with Crippen LogP contribution in [-0.4, -0.2) is 42.4 Å². The largest absolute Gasteiger partial charge is 0.368 e. The van der Waals surface area contributed by atoms with Crippen LogP contribution in [0.15, 0.2) is 0 Å². The van der Waals surface area contributed by atoms with E-state index in [9.17, 15) is 9.59 Å². The molecule has 0 aromatic carbocycles. The Kier molecular flexibility index (Phi) is 4.56. The van der Waals surface area contributed by atoms with Crippen LogP contribution in [0.4, 0.5) is 0 Å². The van der Waals surface area contributed by atoms with Crippen molar-refractivity contribution >= 4 is 24.2 Å². The number of hydrogen-bond donors (Lipinski definition) is 2. The number of nitrogens with two attached hydrogens (primary N) is 1. The highest BCUT2D eigenvalue weighted by molar-refractivity contribution is 5.88. The van der Waals surface area contributed by atoms with Gasteiger partial charge in [0.25, 0.3) is 0 Å². The van der Waals surface area contributed by atoms with Gasteiger partial charge in [0, 0.05) is 13.1 Å². The van der Waals surface area contributed by atoms with Crippen molar-refractivity contribution in [2.45, 2.75) is 25.3 Å². The van der Waals surface area contributed by atoms with Gasteiger partial charge in [-0.25, -0.2) is 0 Å². The zero-order chi connectivity index (χ0) is 10.8. The van der Waals surface area contributed by atoms with Crippen molar-refractivity contribution in [3.63, 3.8) is 0 Å². The lowest BCUT2D eigenvalue weighted by Gasteiger charge is -2.24. The SMILES string of the molecule is Cl.NC(=O)C1CCCN1C(=O)[C@@H]1CCNC1. The smallest absolute Gasteiger partial charge is 0.240 e. The van der Waals surface area contributed by atoms with Crippen LogP contribution in [-0.2, 0) is 9.59 Å². The van der Waals surface area contributed by atoms with Gasteiger partial charge in [-0.1, -0.05) is 0 Å². The molecule has 0 radical (unpaired) electrons. The quantitative estimate of drug-likeness (QED) is 0.691. The normalized spacial score (nSPS) is 28.9. The van der Waals surface area contributed by atoms with Crippen molar-refractivity contribution in [3.8, 4) is 0 Å². The van der Waals surface area contributed by atoms with E-state index < -0.39 is 0 Å². The Balaban J connectivity index is 0.00000128. The minimum absolute atomic E-state index is 0. The van der Waals surface area contributed by atoms with Gasteiger partial charge in [-0.3, -0.25) is 9.59 Å². The standard InChI is InChI=1S/C10H17N3O2.ClH/c11-9(14)8-2-1-5-13(8)10(15)7-3-4-12-6-7;/h7-8,12H,1-6H2,(H2,11,14);1H/t7-,8?;/m1./s1. The Labute approximate surface area is 101 Å². The van der Waals surface area contributed by atoms with Crippen LogP contribution in [0.5, 0.6) is 0 Å². The predicted octanol–water partition coefficient (Wildman–Crippen LogP) is -0.506. The monoisotopic (exact) mass is 247 g/mol. The number of likely N-dealkylation sites (tertiary alicyclic amines) is 1. The summed E-state index contributed by atoms with van der Waals surface area (Å²) in [7, 11) is 0. The molecule has 2 atom stereocenters. The molecule has 2 amide bonds. The summed E-state index contributed by atoms with van der Waals surface area (Å²) in [6.07, 6.45) is 2.49. The maximum absolute atomic E-state index is 12.0. The molecule has 0 aromatic heterocycles. The van der Waals surface area contributed by atoms with Crippen LogP contribution in [0.3, 0.4) is 0 Å². The summed E-state index contributed by atoms with van der Waals surface area (Å²) in [5.74, 6) is -0.224. The molecule has 0 spiro atoms. The lowest BCUT2D eigenvalue weighted by atomic mass is 10.1. The van der Waals surface area contributed by atoms with E-state index in [4.69, 9.17) is 5.73 Å². The zero-order valence-corrected chi connectivity index (χ0v) is 9.96. The van der Waals surface area contributed by atoms with Crippen LogP contribution in [0.2, 0.25) is 0 Å². The molecule has 2 aliphatic heterocycles. The van der Waals surface area contributed by atoms with Crippen molar-refractivity contribution in [2.24, 2.45) is 11.7 Å². The van der Waals surface area contributed by atoms with Gasteiger partial charge in [0.2, 0.25) is 11.8 Å². The van der Waals surface area contributed by atoms with Crippen LogP contribution in [0, 0.1) is 5.92 Å². The Morgan fingerprint density at radius 1 is 1.31 bits per heavy atom. The van der Waals surface area contributed by atoms with Crippen molar-refractivity contribution in [1.29, 1.82) is 0 Å². The highest BCUT2D eigenvalue weighted by Crippen LogP contribution is 2.21. The lowest BCUT2D eigenvalue weighted by Crippen LogP contribution is -2.46. The Morgan fingerprint density at radius 2 is 2.06 bits per heavy atom. The molecule has 5 nitrogen and oxygen atoms in total. The average Bonchev–Trinajstić information content (AvgIpc) is 2.88. The molecule has 0 saturated carbocycles. The van der Waals surface area contributed by atoms with E-state index in [0.717, 1.165) is 32.4 Å². The van der Waals surface area contributed by atoms with E-state index in [1.165, 1.54) is 0 Å². The second-order valence-electron chi connectivity index (χ2n) is 4.28. The van der Waals surface area contributed by atoms with E-state index >= 15 is 0 Å². The topological polar surface area (TPSA) is 75.4 Å². The molecule has 2 rings (SSSR count). The van der Waals surface area contributed by atoms with Crippen LogP contribution >= 0.6 is 12.4 Å². The first-order valence-corrected chi connectivity index (χ1v) is 5.50. The highest BCUT2D eigenvalue weighted by Gasteiger charge is 2.36. The summed E-state index contributed by atoms with van der Waals surface area (Å²) in [5.41, 5.74) is 5.28. The number of primary amides is 1. The van der Waals surface area contributed by atoms with Crippen LogP contribution < -0.4 is 11.1 Å². The van der Waals surface area contributed by atoms with Gasteiger partial charge in [-0.15, -0.1) is 12.4 Å². The molecule has 0 bridgehead atoms. The number of nitrogens with one attached hydrogen (secondary N) is 1. The minimum Gasteiger partial charge on any atom is -0.368 e. The van der Waals surface area contributed by atoms with Crippen molar-refractivity contribution in [1.82, 2.24) is 10.2 Å². The summed E-state index contributed by atoms with van der Waals surface area (Å²) < 4.78 is 0. The molecule has 6 heteroatoms. The molecular weight excluding hydrogens is 230 g/mol. The Bertz CT molecular complexity index is 279. The second kappa shape index (κ2) is 5.50. The summed E-state index contributed by atoms with van der Waals surface area (Å²) >= 11 is 0. The van der Waals surface area contributed by atoms with Crippen molar-refractivity contribution < 1.29 is 9.59 Å². The fourth-order valence-electron chi connectivity index (χ4n) is 2.43. The number of nitrogens with zero attached hydrogens (tertiary/aromatic N) is 1. The third-order valence-corrected chi connectivity index (χ3v) is 3.27. The fraction of sp³-hybridized carbons (Fsp3) is 0.800. The van der Waals surface area contributed by atoms with Crippen LogP contribution in [0.1, 0.15) is 19.3 Å². The van der Waals surface area contributed by atoms with Crippen molar-refractivity contribution in [3.05, 3.63) is 0 Å². The van der Waals surface area contributed by atoms with Gasteiger partial charge in [0.15, 0.2) is 0 Å². The molecule has 92 valence electrons. The molecule has 0 aliphatic carbocycles. The minimum atomic E-state index is -0.369. The molecule has 2 saturated heterocycles. The van der Waals surface area contributed by atoms with Gasteiger partial charge in [-0.2, -0.15) is 0 Å².